The van der Waals surface area contributed by atoms with Gasteiger partial charge in [0.15, 0.2) is 6.23 Å². The highest BCUT2D eigenvalue weighted by molar-refractivity contribution is 5.89. The van der Waals surface area contributed by atoms with E-state index in [4.69, 9.17) is 18.9 Å². The van der Waals surface area contributed by atoms with Crippen LogP contribution in [0.2, 0.25) is 0 Å². The van der Waals surface area contributed by atoms with Crippen molar-refractivity contribution in [2.24, 2.45) is 0 Å². The number of benzene rings is 1. The average Bonchev–Trinajstić information content (AvgIpc) is 3.10. The molecule has 0 unspecified atom stereocenters. The highest BCUT2D eigenvalue weighted by Gasteiger charge is 2.38. The molecule has 1 aromatic heterocycles. The lowest BCUT2D eigenvalue weighted by molar-refractivity contribution is -0.0802. The highest BCUT2D eigenvalue weighted by Crippen LogP contribution is 2.30. The SMILES string of the molecule is COCCO[C@@H]1C[C@@H](COC(=O)c2ccccc2)O[C@H]1n1ccc(=O)[nH]c1=O. The van der Waals surface area contributed by atoms with Crippen molar-refractivity contribution < 1.29 is 23.7 Å². The molecule has 1 fully saturated rings. The summed E-state index contributed by atoms with van der Waals surface area (Å²) in [7, 11) is 1.56. The molecule has 1 aliphatic heterocycles. The van der Waals surface area contributed by atoms with Crippen LogP contribution in [0, 0.1) is 0 Å². The van der Waals surface area contributed by atoms with Crippen LogP contribution in [0.3, 0.4) is 0 Å². The zero-order valence-corrected chi connectivity index (χ0v) is 15.4. The van der Waals surface area contributed by atoms with E-state index in [1.165, 1.54) is 16.8 Å². The summed E-state index contributed by atoms with van der Waals surface area (Å²) in [4.78, 5) is 37.7. The Labute approximate surface area is 160 Å². The monoisotopic (exact) mass is 390 g/mol. The van der Waals surface area contributed by atoms with Gasteiger partial charge in [-0.25, -0.2) is 9.59 Å². The minimum Gasteiger partial charge on any atom is -0.459 e. The van der Waals surface area contributed by atoms with Crippen LogP contribution in [0.4, 0.5) is 0 Å². The second kappa shape index (κ2) is 9.45. The third kappa shape index (κ3) is 4.94. The van der Waals surface area contributed by atoms with E-state index in [9.17, 15) is 14.4 Å². The Morgan fingerprint density at radius 3 is 2.71 bits per heavy atom. The van der Waals surface area contributed by atoms with Crippen LogP contribution < -0.4 is 11.2 Å². The molecule has 0 amide bonds. The van der Waals surface area contributed by atoms with Gasteiger partial charge >= 0.3 is 11.7 Å². The number of H-pyrrole nitrogens is 1. The van der Waals surface area contributed by atoms with Gasteiger partial charge in [0.05, 0.1) is 24.9 Å². The molecule has 1 N–H and O–H groups in total. The Kier molecular flexibility index (Phi) is 6.75. The Balaban J connectivity index is 1.67. The van der Waals surface area contributed by atoms with E-state index in [1.807, 2.05) is 6.07 Å². The number of ether oxygens (including phenoxy) is 4. The number of aromatic amines is 1. The molecule has 1 aliphatic rings. The van der Waals surface area contributed by atoms with Gasteiger partial charge in [-0.05, 0) is 12.1 Å². The number of hydrogen-bond donors (Lipinski definition) is 1. The van der Waals surface area contributed by atoms with Gasteiger partial charge < -0.3 is 18.9 Å². The van der Waals surface area contributed by atoms with Gasteiger partial charge in [0.1, 0.15) is 12.7 Å². The van der Waals surface area contributed by atoms with Crippen molar-refractivity contribution in [3.8, 4) is 0 Å². The van der Waals surface area contributed by atoms with Gasteiger partial charge in [0, 0.05) is 25.8 Å². The van der Waals surface area contributed by atoms with Crippen molar-refractivity contribution in [2.75, 3.05) is 26.9 Å². The molecular weight excluding hydrogens is 368 g/mol. The fourth-order valence-corrected chi connectivity index (χ4v) is 2.95. The summed E-state index contributed by atoms with van der Waals surface area (Å²) in [6, 6.07) is 9.88. The number of carbonyl (C=O) groups excluding carboxylic acids is 1. The molecule has 28 heavy (non-hydrogen) atoms. The minimum absolute atomic E-state index is 0.0203. The second-order valence-corrected chi connectivity index (χ2v) is 6.27. The Morgan fingerprint density at radius 1 is 1.21 bits per heavy atom. The molecule has 9 heteroatoms. The van der Waals surface area contributed by atoms with Gasteiger partial charge in [0.2, 0.25) is 0 Å². The number of rotatable bonds is 8. The fraction of sp³-hybridized carbons (Fsp3) is 0.421. The van der Waals surface area contributed by atoms with Crippen LogP contribution in [0.25, 0.3) is 0 Å². The van der Waals surface area contributed by atoms with Gasteiger partial charge in [-0.15, -0.1) is 0 Å². The first kappa shape index (κ1) is 20.0. The summed E-state index contributed by atoms with van der Waals surface area (Å²) in [6.07, 6.45) is 0.114. The summed E-state index contributed by atoms with van der Waals surface area (Å²) < 4.78 is 23.2. The number of esters is 1. The smallest absolute Gasteiger partial charge is 0.338 e. The summed E-state index contributed by atoms with van der Waals surface area (Å²) in [5.41, 5.74) is -0.647. The molecule has 0 aliphatic carbocycles. The fourth-order valence-electron chi connectivity index (χ4n) is 2.95. The quantitative estimate of drug-likeness (QED) is 0.522. The first-order valence-corrected chi connectivity index (χ1v) is 8.88. The van der Waals surface area contributed by atoms with Gasteiger partial charge in [-0.2, -0.15) is 0 Å². The molecule has 2 heterocycles. The number of hydrogen-bond acceptors (Lipinski definition) is 7. The largest absolute Gasteiger partial charge is 0.459 e. The number of aromatic nitrogens is 2. The Morgan fingerprint density at radius 2 is 2.00 bits per heavy atom. The number of methoxy groups -OCH3 is 1. The summed E-state index contributed by atoms with van der Waals surface area (Å²) in [5, 5.41) is 0. The van der Waals surface area contributed by atoms with Gasteiger partial charge in [0.25, 0.3) is 5.56 Å². The lowest BCUT2D eigenvalue weighted by Crippen LogP contribution is -2.36. The highest BCUT2D eigenvalue weighted by atomic mass is 16.6. The van der Waals surface area contributed by atoms with E-state index in [2.05, 4.69) is 4.98 Å². The van der Waals surface area contributed by atoms with E-state index >= 15 is 0 Å². The topological polar surface area (TPSA) is 109 Å². The minimum atomic E-state index is -0.748. The van der Waals surface area contributed by atoms with Gasteiger partial charge in [-0.1, -0.05) is 18.2 Å². The third-order valence-corrected chi connectivity index (χ3v) is 4.30. The lowest BCUT2D eigenvalue weighted by Gasteiger charge is -2.20. The first-order valence-electron chi connectivity index (χ1n) is 8.88. The van der Waals surface area contributed by atoms with Crippen molar-refractivity contribution in [1.29, 1.82) is 0 Å². The first-order chi connectivity index (χ1) is 13.6. The maximum Gasteiger partial charge on any atom is 0.338 e. The molecular formula is C19H22N2O7. The lowest BCUT2D eigenvalue weighted by atomic mass is 10.2. The molecule has 3 rings (SSSR count). The van der Waals surface area contributed by atoms with Crippen molar-refractivity contribution in [3.63, 3.8) is 0 Å². The van der Waals surface area contributed by atoms with Crippen molar-refractivity contribution in [3.05, 3.63) is 69.0 Å². The number of nitrogens with zero attached hydrogens (tertiary/aromatic N) is 1. The van der Waals surface area contributed by atoms with E-state index in [0.29, 0.717) is 25.2 Å². The van der Waals surface area contributed by atoms with Crippen LogP contribution >= 0.6 is 0 Å². The van der Waals surface area contributed by atoms with Crippen LogP contribution in [0.1, 0.15) is 23.0 Å². The maximum absolute atomic E-state index is 12.1. The maximum atomic E-state index is 12.1. The molecule has 1 saturated heterocycles. The molecule has 0 bridgehead atoms. The molecule has 0 spiro atoms. The molecule has 0 saturated carbocycles. The molecule has 2 aromatic rings. The van der Waals surface area contributed by atoms with Crippen molar-refractivity contribution in [2.45, 2.75) is 24.9 Å². The predicted molar refractivity (Wildman–Crippen MR) is 98.2 cm³/mol. The Bertz CT molecular complexity index is 893. The third-order valence-electron chi connectivity index (χ3n) is 4.30. The van der Waals surface area contributed by atoms with E-state index < -0.39 is 35.7 Å². The second-order valence-electron chi connectivity index (χ2n) is 6.27. The Hall–Kier alpha value is -2.75. The zero-order chi connectivity index (χ0) is 19.9. The molecule has 3 atom stereocenters. The van der Waals surface area contributed by atoms with Crippen molar-refractivity contribution in [1.82, 2.24) is 9.55 Å². The van der Waals surface area contributed by atoms with Crippen LogP contribution in [0.15, 0.2) is 52.2 Å². The standard InChI is InChI=1S/C19H22N2O7/c1-25-9-10-26-15-11-14(12-27-18(23)13-5-3-2-4-6-13)28-17(15)21-8-7-16(22)20-19(21)24/h2-8,14-15,17H,9-12H2,1H3,(H,20,22,24)/t14-,15+,17+/m0/s1. The van der Waals surface area contributed by atoms with E-state index in [0.717, 1.165) is 0 Å². The van der Waals surface area contributed by atoms with Crippen LogP contribution in [-0.4, -0.2) is 54.7 Å². The summed E-state index contributed by atoms with van der Waals surface area (Å²) in [5.74, 6) is -0.453. The predicted octanol–water partition coefficient (Wildman–Crippen LogP) is 0.713. The molecule has 1 aromatic carbocycles. The summed E-state index contributed by atoms with van der Waals surface area (Å²) in [6.45, 7) is 0.722. The van der Waals surface area contributed by atoms with E-state index in [1.54, 1.807) is 31.4 Å². The molecule has 0 radical (unpaired) electrons. The number of carbonyl (C=O) groups is 1. The normalized spacial score (nSPS) is 21.5. The summed E-state index contributed by atoms with van der Waals surface area (Å²) >= 11 is 0. The molecule has 150 valence electrons. The van der Waals surface area contributed by atoms with Gasteiger partial charge in [-0.3, -0.25) is 14.3 Å². The van der Waals surface area contributed by atoms with E-state index in [-0.39, 0.29) is 6.61 Å². The number of nitrogens with one attached hydrogen (secondary N) is 1. The van der Waals surface area contributed by atoms with Crippen LogP contribution in [0.5, 0.6) is 0 Å². The molecule has 9 nitrogen and oxygen atoms in total. The van der Waals surface area contributed by atoms with Crippen LogP contribution in [-0.2, 0) is 18.9 Å². The average molecular weight is 390 g/mol. The van der Waals surface area contributed by atoms with Crippen molar-refractivity contribution >= 4 is 5.97 Å². The zero-order valence-electron chi connectivity index (χ0n) is 15.4.